The molecule has 0 spiro atoms. The molecule has 0 radical (unpaired) electrons. The fourth-order valence-electron chi connectivity index (χ4n) is 2.60. The van der Waals surface area contributed by atoms with Gasteiger partial charge in [0.2, 0.25) is 0 Å². The van der Waals surface area contributed by atoms with E-state index >= 15 is 0 Å². The van der Waals surface area contributed by atoms with E-state index in [9.17, 15) is 22.4 Å². The van der Waals surface area contributed by atoms with Gasteiger partial charge in [0.1, 0.15) is 11.7 Å². The third-order valence-corrected chi connectivity index (χ3v) is 5.43. The number of nitrogens with one attached hydrogen (secondary N) is 2. The van der Waals surface area contributed by atoms with Crippen LogP contribution in [0.25, 0.3) is 0 Å². The average molecular weight is 419 g/mol. The summed E-state index contributed by atoms with van der Waals surface area (Å²) >= 11 is 0. The molecule has 0 fully saturated rings. The van der Waals surface area contributed by atoms with Crippen LogP contribution in [0.4, 0.5) is 10.1 Å². The van der Waals surface area contributed by atoms with Crippen molar-refractivity contribution >= 4 is 33.4 Å². The number of nitrogens with zero attached hydrogens (tertiary/aromatic N) is 1. The van der Waals surface area contributed by atoms with E-state index in [1.807, 2.05) is 0 Å². The Morgan fingerprint density at radius 1 is 1.17 bits per heavy atom. The van der Waals surface area contributed by atoms with E-state index in [2.05, 4.69) is 15.0 Å². The zero-order valence-corrected chi connectivity index (χ0v) is 16.2. The number of aliphatic imine (C=N–C) groups is 1. The fourth-order valence-corrected chi connectivity index (χ4v) is 3.85. The minimum absolute atomic E-state index is 0.0165. The first kappa shape index (κ1) is 20.5. The van der Waals surface area contributed by atoms with Gasteiger partial charge in [0.05, 0.1) is 17.9 Å². The first-order valence-electron chi connectivity index (χ1n) is 8.69. The van der Waals surface area contributed by atoms with Gasteiger partial charge in [-0.1, -0.05) is 12.1 Å². The summed E-state index contributed by atoms with van der Waals surface area (Å²) in [7, 11) is -3.64. The van der Waals surface area contributed by atoms with E-state index < -0.39 is 33.8 Å². The summed E-state index contributed by atoms with van der Waals surface area (Å²) in [5, 5.41) is 2.51. The van der Waals surface area contributed by atoms with Crippen LogP contribution in [0.5, 0.6) is 0 Å². The molecule has 10 heteroatoms. The van der Waals surface area contributed by atoms with Gasteiger partial charge in [0.15, 0.2) is 6.10 Å². The van der Waals surface area contributed by atoms with E-state index in [4.69, 9.17) is 4.74 Å². The van der Waals surface area contributed by atoms with E-state index in [-0.39, 0.29) is 23.7 Å². The van der Waals surface area contributed by atoms with Gasteiger partial charge in [-0.05, 0) is 43.3 Å². The van der Waals surface area contributed by atoms with Crippen LogP contribution >= 0.6 is 0 Å². The van der Waals surface area contributed by atoms with Crippen molar-refractivity contribution in [2.75, 3.05) is 11.9 Å². The molecule has 0 aromatic heterocycles. The maximum Gasteiger partial charge on any atom is 0.308 e. The number of halogens is 1. The highest BCUT2D eigenvalue weighted by molar-refractivity contribution is 7.90. The Hall–Kier alpha value is -3.27. The number of benzene rings is 2. The van der Waals surface area contributed by atoms with Crippen molar-refractivity contribution in [1.29, 1.82) is 0 Å². The van der Waals surface area contributed by atoms with Crippen LogP contribution in [0.15, 0.2) is 58.4 Å². The third kappa shape index (κ3) is 4.96. The molecular formula is C19H18FN3O5S. The first-order valence-corrected chi connectivity index (χ1v) is 10.2. The second kappa shape index (κ2) is 8.39. The minimum atomic E-state index is -3.64. The van der Waals surface area contributed by atoms with Gasteiger partial charge in [-0.2, -0.15) is 0 Å². The second-order valence-corrected chi connectivity index (χ2v) is 7.86. The summed E-state index contributed by atoms with van der Waals surface area (Å²) in [6, 6.07) is 11.5. The topological polar surface area (TPSA) is 114 Å². The van der Waals surface area contributed by atoms with Gasteiger partial charge in [-0.3, -0.25) is 19.3 Å². The molecule has 1 heterocycles. The van der Waals surface area contributed by atoms with Crippen LogP contribution in [-0.4, -0.2) is 38.8 Å². The Bertz CT molecular complexity index is 1070. The van der Waals surface area contributed by atoms with E-state index in [1.165, 1.54) is 37.3 Å². The molecule has 0 bridgehead atoms. The molecule has 0 aliphatic carbocycles. The molecule has 1 aliphatic heterocycles. The number of hydrogen-bond acceptors (Lipinski definition) is 6. The predicted octanol–water partition coefficient (Wildman–Crippen LogP) is 1.82. The van der Waals surface area contributed by atoms with Crippen LogP contribution in [0.1, 0.15) is 18.9 Å². The Balaban J connectivity index is 1.52. The number of carbonyl (C=O) groups excluding carboxylic acids is 2. The lowest BCUT2D eigenvalue weighted by molar-refractivity contribution is -0.152. The van der Waals surface area contributed by atoms with Gasteiger partial charge in [0, 0.05) is 11.3 Å². The maximum absolute atomic E-state index is 12.9. The van der Waals surface area contributed by atoms with Gasteiger partial charge in [0.25, 0.3) is 15.9 Å². The molecule has 1 amide bonds. The first-order chi connectivity index (χ1) is 13.8. The monoisotopic (exact) mass is 419 g/mol. The van der Waals surface area contributed by atoms with Gasteiger partial charge >= 0.3 is 5.97 Å². The fraction of sp³-hybridized carbons (Fsp3) is 0.211. The quantitative estimate of drug-likeness (QED) is 0.694. The number of amidine groups is 1. The zero-order chi connectivity index (χ0) is 21.0. The lowest BCUT2D eigenvalue weighted by Gasteiger charge is -2.13. The van der Waals surface area contributed by atoms with Gasteiger partial charge in [-0.15, -0.1) is 0 Å². The molecule has 8 nitrogen and oxygen atoms in total. The molecule has 2 aromatic carbocycles. The average Bonchev–Trinajstić information content (AvgIpc) is 2.94. The SMILES string of the molecule is C[C@@H](OC(=O)CCN=C1NS(=O)(=O)c2ccccc21)C(=O)Nc1ccc(F)cc1. The molecule has 1 aliphatic rings. The summed E-state index contributed by atoms with van der Waals surface area (Å²) in [6.45, 7) is 1.39. The lowest BCUT2D eigenvalue weighted by Crippen LogP contribution is -2.30. The third-order valence-electron chi connectivity index (χ3n) is 4.04. The molecule has 0 saturated carbocycles. The largest absolute Gasteiger partial charge is 0.452 e. The second-order valence-electron chi connectivity index (χ2n) is 6.21. The highest BCUT2D eigenvalue weighted by Gasteiger charge is 2.30. The van der Waals surface area contributed by atoms with E-state index in [1.54, 1.807) is 18.2 Å². The van der Waals surface area contributed by atoms with Crippen molar-refractivity contribution in [2.45, 2.75) is 24.3 Å². The lowest BCUT2D eigenvalue weighted by atomic mass is 10.2. The number of ether oxygens (including phenoxy) is 1. The number of carbonyl (C=O) groups is 2. The summed E-state index contributed by atoms with van der Waals surface area (Å²) < 4.78 is 44.3. The molecular weight excluding hydrogens is 401 g/mol. The molecule has 2 aromatic rings. The maximum atomic E-state index is 12.9. The number of esters is 1. The Morgan fingerprint density at radius 3 is 2.59 bits per heavy atom. The molecule has 0 unspecified atom stereocenters. The number of anilines is 1. The van der Waals surface area contributed by atoms with E-state index in [0.29, 0.717) is 11.3 Å². The Kier molecular flexibility index (Phi) is 5.92. The predicted molar refractivity (Wildman–Crippen MR) is 103 cm³/mol. The summed E-state index contributed by atoms with van der Waals surface area (Å²) in [5.41, 5.74) is 0.811. The minimum Gasteiger partial charge on any atom is -0.452 e. The molecule has 2 N–H and O–H groups in total. The Labute approximate surface area is 166 Å². The number of amides is 1. The highest BCUT2D eigenvalue weighted by atomic mass is 32.2. The number of hydrogen-bond donors (Lipinski definition) is 2. The number of sulfonamides is 1. The van der Waals surface area contributed by atoms with Crippen LogP contribution in [0.3, 0.4) is 0 Å². The van der Waals surface area contributed by atoms with Crippen molar-refractivity contribution in [1.82, 2.24) is 4.72 Å². The molecule has 1 atom stereocenters. The van der Waals surface area contributed by atoms with Crippen LogP contribution < -0.4 is 10.0 Å². The van der Waals surface area contributed by atoms with Crippen LogP contribution in [-0.2, 0) is 24.3 Å². The van der Waals surface area contributed by atoms with Gasteiger partial charge < -0.3 is 10.1 Å². The highest BCUT2D eigenvalue weighted by Crippen LogP contribution is 2.22. The standard InChI is InChI=1S/C19H18FN3O5S/c1-12(19(25)22-14-8-6-13(20)7-9-14)28-17(24)10-11-21-18-15-4-2-3-5-16(15)29(26,27)23-18/h2-9,12H,10-11H2,1H3,(H,21,23)(H,22,25)/t12-/m1/s1. The van der Waals surface area contributed by atoms with Crippen molar-refractivity contribution in [3.63, 3.8) is 0 Å². The zero-order valence-electron chi connectivity index (χ0n) is 15.4. The normalized spacial score (nSPS) is 16.6. The summed E-state index contributed by atoms with van der Waals surface area (Å²) in [5.74, 6) is -1.49. The summed E-state index contributed by atoms with van der Waals surface area (Å²) in [6.07, 6.45) is -1.20. The summed E-state index contributed by atoms with van der Waals surface area (Å²) in [4.78, 5) is 28.2. The van der Waals surface area contributed by atoms with Crippen molar-refractivity contribution in [3.05, 3.63) is 59.9 Å². The van der Waals surface area contributed by atoms with Crippen molar-refractivity contribution in [2.24, 2.45) is 4.99 Å². The molecule has 152 valence electrons. The van der Waals surface area contributed by atoms with Crippen LogP contribution in [0, 0.1) is 5.82 Å². The molecule has 0 saturated heterocycles. The van der Waals surface area contributed by atoms with Gasteiger partial charge in [-0.25, -0.2) is 12.8 Å². The Morgan fingerprint density at radius 2 is 1.86 bits per heavy atom. The number of fused-ring (bicyclic) bond motifs is 1. The molecule has 3 rings (SSSR count). The van der Waals surface area contributed by atoms with Crippen molar-refractivity contribution < 1.29 is 27.1 Å². The smallest absolute Gasteiger partial charge is 0.308 e. The molecule has 29 heavy (non-hydrogen) atoms. The number of rotatable bonds is 6. The van der Waals surface area contributed by atoms with Crippen molar-refractivity contribution in [3.8, 4) is 0 Å². The van der Waals surface area contributed by atoms with Crippen LogP contribution in [0.2, 0.25) is 0 Å². The van der Waals surface area contributed by atoms with E-state index in [0.717, 1.165) is 0 Å².